The lowest BCUT2D eigenvalue weighted by molar-refractivity contribution is 1.45. The predicted molar refractivity (Wildman–Crippen MR) is 65.3 cm³/mol. The molecule has 76 valence electrons. The van der Waals surface area contributed by atoms with E-state index in [0.29, 0.717) is 0 Å². The zero-order valence-corrected chi connectivity index (χ0v) is 9.14. The molecule has 0 saturated heterocycles. The van der Waals surface area contributed by atoms with Crippen molar-refractivity contribution in [2.24, 2.45) is 5.73 Å². The van der Waals surface area contributed by atoms with Gasteiger partial charge in [-0.25, -0.2) is 0 Å². The number of rotatable bonds is 3. The molecule has 0 radical (unpaired) electrons. The van der Waals surface area contributed by atoms with Crippen LogP contribution in [-0.2, 0) is 0 Å². The van der Waals surface area contributed by atoms with Crippen molar-refractivity contribution in [2.45, 2.75) is 6.92 Å². The number of thiocarbonyl (C=S) groups is 1. The van der Waals surface area contributed by atoms with Gasteiger partial charge in [0.1, 0.15) is 16.6 Å². The molecule has 0 fully saturated rings. The fourth-order valence-electron chi connectivity index (χ4n) is 0.964. The smallest absolute Gasteiger partial charge is 0.116 e. The molecule has 0 heterocycles. The van der Waals surface area contributed by atoms with Crippen LogP contribution in [0.5, 0.6) is 0 Å². The van der Waals surface area contributed by atoms with E-state index in [1.165, 1.54) is 11.8 Å². The Morgan fingerprint density at radius 3 is 2.53 bits per heavy atom. The molecule has 4 heteroatoms. The van der Waals surface area contributed by atoms with Crippen LogP contribution in [0.3, 0.4) is 0 Å². The number of nitrogens with two attached hydrogens (primary N) is 1. The van der Waals surface area contributed by atoms with Gasteiger partial charge in [0.25, 0.3) is 0 Å². The number of aryl methyl sites for hydroxylation is 1. The summed E-state index contributed by atoms with van der Waals surface area (Å²) < 4.78 is 0. The summed E-state index contributed by atoms with van der Waals surface area (Å²) in [5.74, 6) is 0. The Bertz CT molecular complexity index is 426. The molecule has 1 aromatic rings. The van der Waals surface area contributed by atoms with Crippen LogP contribution in [0.25, 0.3) is 0 Å². The highest BCUT2D eigenvalue weighted by Gasteiger charge is 1.97. The first kappa shape index (κ1) is 11.2. The number of hydrogen-bond donors (Lipinski definition) is 2. The summed E-state index contributed by atoms with van der Waals surface area (Å²) in [5, 5.41) is 11.6. The van der Waals surface area contributed by atoms with Gasteiger partial charge in [-0.3, -0.25) is 0 Å². The van der Waals surface area contributed by atoms with Crippen LogP contribution in [0.1, 0.15) is 5.56 Å². The van der Waals surface area contributed by atoms with Gasteiger partial charge in [-0.2, -0.15) is 5.26 Å². The number of hydrogen-bond acceptors (Lipinski definition) is 3. The van der Waals surface area contributed by atoms with Gasteiger partial charge >= 0.3 is 0 Å². The molecule has 0 aliphatic carbocycles. The van der Waals surface area contributed by atoms with Crippen molar-refractivity contribution in [2.75, 3.05) is 5.32 Å². The fraction of sp³-hybridized carbons (Fsp3) is 0.0909. The first-order valence-corrected chi connectivity index (χ1v) is 4.77. The number of nitrogens with one attached hydrogen (secondary N) is 1. The standard InChI is InChI=1S/C11H11N3S/c1-8-2-4-10(5-3-8)14-7-9(6-12)11(13)15/h2-5,7,14H,1H3,(H2,13,15). The summed E-state index contributed by atoms with van der Waals surface area (Å²) in [4.78, 5) is 0.0945. The average Bonchev–Trinajstić information content (AvgIpc) is 2.21. The Labute approximate surface area is 94.2 Å². The lowest BCUT2D eigenvalue weighted by Gasteiger charge is -2.01. The van der Waals surface area contributed by atoms with Gasteiger partial charge in [-0.15, -0.1) is 0 Å². The molecule has 0 aliphatic rings. The summed E-state index contributed by atoms with van der Waals surface area (Å²) in [5.41, 5.74) is 7.68. The molecule has 1 rings (SSSR count). The van der Waals surface area contributed by atoms with Gasteiger partial charge in [0.2, 0.25) is 0 Å². The summed E-state index contributed by atoms with van der Waals surface area (Å²) >= 11 is 4.70. The normalized spacial score (nSPS) is 10.5. The van der Waals surface area contributed by atoms with Gasteiger partial charge in [-0.05, 0) is 19.1 Å². The van der Waals surface area contributed by atoms with Crippen molar-refractivity contribution < 1.29 is 0 Å². The lowest BCUT2D eigenvalue weighted by Crippen LogP contribution is -2.11. The molecule has 0 amide bonds. The van der Waals surface area contributed by atoms with E-state index in [0.717, 1.165) is 5.69 Å². The van der Waals surface area contributed by atoms with E-state index in [9.17, 15) is 0 Å². The van der Waals surface area contributed by atoms with Gasteiger partial charge in [-0.1, -0.05) is 29.9 Å². The van der Waals surface area contributed by atoms with Gasteiger partial charge < -0.3 is 11.1 Å². The van der Waals surface area contributed by atoms with E-state index in [1.54, 1.807) is 0 Å². The molecule has 0 atom stereocenters. The van der Waals surface area contributed by atoms with Crippen LogP contribution < -0.4 is 11.1 Å². The van der Waals surface area contributed by atoms with E-state index in [4.69, 9.17) is 23.2 Å². The SMILES string of the molecule is Cc1ccc(NC=C(C#N)C(N)=S)cc1. The van der Waals surface area contributed by atoms with E-state index in [1.807, 2.05) is 37.3 Å². The molecule has 1 aromatic carbocycles. The maximum absolute atomic E-state index is 8.69. The molecular weight excluding hydrogens is 206 g/mol. The van der Waals surface area contributed by atoms with Crippen LogP contribution in [0.15, 0.2) is 36.0 Å². The first-order chi connectivity index (χ1) is 7.13. The molecular formula is C11H11N3S. The number of anilines is 1. The second kappa shape index (κ2) is 5.13. The maximum Gasteiger partial charge on any atom is 0.116 e. The molecule has 3 nitrogen and oxygen atoms in total. The molecule has 0 unspecified atom stereocenters. The highest BCUT2D eigenvalue weighted by Crippen LogP contribution is 2.09. The number of nitrogens with zero attached hydrogens (tertiary/aromatic N) is 1. The number of benzene rings is 1. The van der Waals surface area contributed by atoms with Crippen molar-refractivity contribution >= 4 is 22.9 Å². The van der Waals surface area contributed by atoms with Crippen molar-refractivity contribution in [3.8, 4) is 6.07 Å². The zero-order chi connectivity index (χ0) is 11.3. The highest BCUT2D eigenvalue weighted by molar-refractivity contribution is 7.80. The van der Waals surface area contributed by atoms with Crippen molar-refractivity contribution in [1.29, 1.82) is 5.26 Å². The average molecular weight is 217 g/mol. The second-order valence-corrected chi connectivity index (χ2v) is 3.48. The molecule has 0 bridgehead atoms. The van der Waals surface area contributed by atoms with Crippen molar-refractivity contribution in [1.82, 2.24) is 0 Å². The van der Waals surface area contributed by atoms with Gasteiger partial charge in [0, 0.05) is 11.9 Å². The van der Waals surface area contributed by atoms with Crippen LogP contribution in [0.2, 0.25) is 0 Å². The van der Waals surface area contributed by atoms with Gasteiger partial charge in [0.15, 0.2) is 0 Å². The van der Waals surface area contributed by atoms with E-state index >= 15 is 0 Å². The van der Waals surface area contributed by atoms with Crippen LogP contribution in [0.4, 0.5) is 5.69 Å². The third-order valence-corrected chi connectivity index (χ3v) is 2.04. The minimum atomic E-state index is 0.0945. The zero-order valence-electron chi connectivity index (χ0n) is 8.32. The summed E-state index contributed by atoms with van der Waals surface area (Å²) in [6.07, 6.45) is 1.51. The Morgan fingerprint density at radius 2 is 2.07 bits per heavy atom. The van der Waals surface area contributed by atoms with Gasteiger partial charge in [0.05, 0.1) is 0 Å². The topological polar surface area (TPSA) is 61.8 Å². The summed E-state index contributed by atoms with van der Waals surface area (Å²) in [6.45, 7) is 2.01. The molecule has 0 saturated carbocycles. The van der Waals surface area contributed by atoms with Crippen LogP contribution in [0, 0.1) is 18.3 Å². The lowest BCUT2D eigenvalue weighted by atomic mass is 10.2. The molecule has 15 heavy (non-hydrogen) atoms. The summed E-state index contributed by atoms with van der Waals surface area (Å²) in [6, 6.07) is 9.70. The van der Waals surface area contributed by atoms with Crippen molar-refractivity contribution in [3.05, 3.63) is 41.6 Å². The molecule has 3 N–H and O–H groups in total. The van der Waals surface area contributed by atoms with E-state index in [-0.39, 0.29) is 10.6 Å². The first-order valence-electron chi connectivity index (χ1n) is 4.37. The fourth-order valence-corrected chi connectivity index (χ4v) is 1.07. The summed E-state index contributed by atoms with van der Waals surface area (Å²) in [7, 11) is 0. The Kier molecular flexibility index (Phi) is 3.83. The minimum absolute atomic E-state index is 0.0945. The predicted octanol–water partition coefficient (Wildman–Crippen LogP) is 2.10. The van der Waals surface area contributed by atoms with E-state index < -0.39 is 0 Å². The molecule has 0 aliphatic heterocycles. The van der Waals surface area contributed by atoms with Crippen LogP contribution >= 0.6 is 12.2 Å². The Morgan fingerprint density at radius 1 is 1.47 bits per heavy atom. The van der Waals surface area contributed by atoms with E-state index in [2.05, 4.69) is 5.32 Å². The third-order valence-electron chi connectivity index (χ3n) is 1.82. The Balaban J connectivity index is 2.76. The number of nitriles is 1. The molecule has 0 aromatic heterocycles. The Hall–Kier alpha value is -1.86. The monoisotopic (exact) mass is 217 g/mol. The van der Waals surface area contributed by atoms with Crippen molar-refractivity contribution in [3.63, 3.8) is 0 Å². The second-order valence-electron chi connectivity index (χ2n) is 3.04. The molecule has 0 spiro atoms. The highest BCUT2D eigenvalue weighted by atomic mass is 32.1. The quantitative estimate of drug-likeness (QED) is 0.462. The maximum atomic E-state index is 8.69. The third kappa shape index (κ3) is 3.41. The van der Waals surface area contributed by atoms with Crippen LogP contribution in [-0.4, -0.2) is 4.99 Å². The minimum Gasteiger partial charge on any atom is -0.389 e. The largest absolute Gasteiger partial charge is 0.389 e.